The molecule has 1 heterocycles. The van der Waals surface area contributed by atoms with Gasteiger partial charge in [0.1, 0.15) is 0 Å². The first-order valence-corrected chi connectivity index (χ1v) is 11.1. The molecule has 33 heavy (non-hydrogen) atoms. The van der Waals surface area contributed by atoms with Crippen LogP contribution >= 0.6 is 0 Å². The minimum Gasteiger partial charge on any atom is -0.376 e. The van der Waals surface area contributed by atoms with Crippen LogP contribution in [0.2, 0.25) is 0 Å². The van der Waals surface area contributed by atoms with Gasteiger partial charge >= 0.3 is 6.18 Å². The molecule has 3 aromatic rings. The van der Waals surface area contributed by atoms with E-state index in [0.717, 1.165) is 18.2 Å². The lowest BCUT2D eigenvalue weighted by Gasteiger charge is -2.21. The second-order valence-corrected chi connectivity index (χ2v) is 9.50. The smallest absolute Gasteiger partial charge is 0.376 e. The average Bonchev–Trinajstić information content (AvgIpc) is 2.76. The monoisotopic (exact) mass is 474 g/mol. The fourth-order valence-corrected chi connectivity index (χ4v) is 5.30. The number of nitrogens with zero attached hydrogens (tertiary/aromatic N) is 1. The number of fused-ring (bicyclic) bond motifs is 2. The Balaban J connectivity index is 1.75. The van der Waals surface area contributed by atoms with Gasteiger partial charge in [0.2, 0.25) is 9.84 Å². The molecular weight excluding hydrogens is 457 g/mol. The van der Waals surface area contributed by atoms with Crippen LogP contribution in [0.4, 0.5) is 24.5 Å². The second kappa shape index (κ2) is 7.73. The fraction of sp³-hybridized carbons (Fsp3) is 0.130. The molecule has 1 N–H and O–H groups in total. The summed E-state index contributed by atoms with van der Waals surface area (Å²) in [6.45, 7) is 0. The summed E-state index contributed by atoms with van der Waals surface area (Å²) in [5, 5.41) is 2.42. The summed E-state index contributed by atoms with van der Waals surface area (Å²) in [7, 11) is -0.861. The lowest BCUT2D eigenvalue weighted by atomic mass is 10.0. The van der Waals surface area contributed by atoms with Gasteiger partial charge in [0, 0.05) is 30.8 Å². The summed E-state index contributed by atoms with van der Waals surface area (Å²) >= 11 is 0. The van der Waals surface area contributed by atoms with E-state index in [9.17, 15) is 31.2 Å². The molecular formula is C23H17F3N2O4S. The molecule has 0 unspecified atom stereocenters. The minimum absolute atomic E-state index is 0.0433. The number of anilines is 2. The van der Waals surface area contributed by atoms with Crippen molar-refractivity contribution in [2.45, 2.75) is 16.0 Å². The summed E-state index contributed by atoms with van der Waals surface area (Å²) in [6.07, 6.45) is -4.61. The Bertz CT molecular complexity index is 1410. The number of ketones is 1. The first-order valence-electron chi connectivity index (χ1n) is 9.64. The molecule has 0 spiro atoms. The Hall–Kier alpha value is -3.66. The number of hydrogen-bond acceptors (Lipinski definition) is 5. The Labute approximate surface area is 187 Å². The molecule has 0 radical (unpaired) electrons. The van der Waals surface area contributed by atoms with E-state index in [4.69, 9.17) is 0 Å². The largest absolute Gasteiger partial charge is 0.416 e. The van der Waals surface area contributed by atoms with Gasteiger partial charge in [0.05, 0.1) is 26.7 Å². The summed E-state index contributed by atoms with van der Waals surface area (Å²) in [4.78, 5) is 26.7. The van der Waals surface area contributed by atoms with Crippen molar-refractivity contribution in [2.75, 3.05) is 24.3 Å². The van der Waals surface area contributed by atoms with Gasteiger partial charge in [0.15, 0.2) is 5.78 Å². The predicted molar refractivity (Wildman–Crippen MR) is 115 cm³/mol. The Kier molecular flexibility index (Phi) is 5.28. The number of alkyl halides is 3. The van der Waals surface area contributed by atoms with E-state index in [2.05, 4.69) is 5.32 Å². The van der Waals surface area contributed by atoms with Crippen LogP contribution in [0.3, 0.4) is 0 Å². The van der Waals surface area contributed by atoms with Gasteiger partial charge in [-0.05, 0) is 48.5 Å². The lowest BCUT2D eigenvalue weighted by molar-refractivity contribution is -0.137. The van der Waals surface area contributed by atoms with Gasteiger partial charge in [-0.15, -0.1) is 0 Å². The maximum absolute atomic E-state index is 13.2. The van der Waals surface area contributed by atoms with Gasteiger partial charge in [-0.25, -0.2) is 8.42 Å². The predicted octanol–water partition coefficient (Wildman–Crippen LogP) is 4.40. The zero-order chi connectivity index (χ0) is 24.1. The molecule has 1 amide bonds. The number of benzene rings is 3. The van der Waals surface area contributed by atoms with Crippen molar-refractivity contribution in [3.8, 4) is 0 Å². The molecule has 1 aliphatic heterocycles. The molecule has 0 aromatic heterocycles. The molecule has 0 atom stereocenters. The van der Waals surface area contributed by atoms with E-state index in [1.165, 1.54) is 41.3 Å². The van der Waals surface area contributed by atoms with Gasteiger partial charge < -0.3 is 10.2 Å². The molecule has 170 valence electrons. The SMILES string of the molecule is CN(C)c1ccc(C(F)(F)F)cc1NC(=O)c1ccc2c(c1)S(=O)(=O)c1ccccc1C2=O. The highest BCUT2D eigenvalue weighted by molar-refractivity contribution is 7.91. The average molecular weight is 474 g/mol. The summed E-state index contributed by atoms with van der Waals surface area (Å²) in [5.41, 5.74) is -0.863. The van der Waals surface area contributed by atoms with Gasteiger partial charge in [-0.2, -0.15) is 13.2 Å². The topological polar surface area (TPSA) is 83.6 Å². The van der Waals surface area contributed by atoms with Crippen molar-refractivity contribution in [3.63, 3.8) is 0 Å². The van der Waals surface area contributed by atoms with E-state index < -0.39 is 33.3 Å². The molecule has 6 nitrogen and oxygen atoms in total. The second-order valence-electron chi connectivity index (χ2n) is 7.62. The van der Waals surface area contributed by atoms with Crippen molar-refractivity contribution < 1.29 is 31.2 Å². The summed E-state index contributed by atoms with van der Waals surface area (Å²) in [5.74, 6) is -1.31. The third kappa shape index (κ3) is 3.86. The normalized spacial score (nSPS) is 14.3. The van der Waals surface area contributed by atoms with Crippen molar-refractivity contribution in [2.24, 2.45) is 0 Å². The molecule has 0 saturated heterocycles. The Morgan fingerprint density at radius 3 is 2.24 bits per heavy atom. The number of carbonyl (C=O) groups excluding carboxylic acids is 2. The molecule has 0 fully saturated rings. The standard InChI is InChI=1S/C23H17F3N2O4S/c1-28(2)18-10-8-14(23(24,25)26)12-17(18)27-22(30)13-7-9-16-20(11-13)33(31,32)19-6-4-3-5-15(19)21(16)29/h3-12H,1-2H3,(H,27,30). The van der Waals surface area contributed by atoms with E-state index in [-0.39, 0.29) is 32.2 Å². The van der Waals surface area contributed by atoms with Crippen molar-refractivity contribution in [1.82, 2.24) is 0 Å². The highest BCUT2D eigenvalue weighted by Crippen LogP contribution is 2.37. The van der Waals surface area contributed by atoms with Crippen LogP contribution in [0.1, 0.15) is 31.8 Å². The molecule has 4 rings (SSSR count). The number of hydrogen-bond donors (Lipinski definition) is 1. The highest BCUT2D eigenvalue weighted by Gasteiger charge is 2.35. The summed E-state index contributed by atoms with van der Waals surface area (Å²) in [6, 6.07) is 12.3. The molecule has 0 bridgehead atoms. The van der Waals surface area contributed by atoms with Crippen molar-refractivity contribution in [1.29, 1.82) is 0 Å². The highest BCUT2D eigenvalue weighted by atomic mass is 32.2. The molecule has 0 saturated carbocycles. The van der Waals surface area contributed by atoms with E-state index in [1.807, 2.05) is 0 Å². The van der Waals surface area contributed by atoms with E-state index in [1.54, 1.807) is 20.2 Å². The van der Waals surface area contributed by atoms with E-state index in [0.29, 0.717) is 5.69 Å². The van der Waals surface area contributed by atoms with Crippen LogP contribution in [-0.2, 0) is 16.0 Å². The maximum Gasteiger partial charge on any atom is 0.416 e. The quantitative estimate of drug-likeness (QED) is 0.476. The fourth-order valence-electron chi connectivity index (χ4n) is 3.62. The molecule has 1 aliphatic rings. The minimum atomic E-state index is -4.61. The first-order chi connectivity index (χ1) is 15.4. The zero-order valence-corrected chi connectivity index (χ0v) is 18.2. The van der Waals surface area contributed by atoms with Gasteiger partial charge in [0.25, 0.3) is 5.91 Å². The maximum atomic E-state index is 13.2. The van der Waals surface area contributed by atoms with Crippen molar-refractivity contribution in [3.05, 3.63) is 82.9 Å². The number of rotatable bonds is 3. The van der Waals surface area contributed by atoms with Crippen molar-refractivity contribution >= 4 is 32.9 Å². The first kappa shape index (κ1) is 22.5. The van der Waals surface area contributed by atoms with Crippen LogP contribution in [0.25, 0.3) is 0 Å². The molecule has 0 aliphatic carbocycles. The third-order valence-electron chi connectivity index (χ3n) is 5.25. The van der Waals surface area contributed by atoms with E-state index >= 15 is 0 Å². The number of nitrogens with one attached hydrogen (secondary N) is 1. The molecule has 3 aromatic carbocycles. The Morgan fingerprint density at radius 2 is 1.58 bits per heavy atom. The number of amides is 1. The zero-order valence-electron chi connectivity index (χ0n) is 17.4. The van der Waals surface area contributed by atoms with Crippen LogP contribution in [0.5, 0.6) is 0 Å². The number of halogens is 3. The van der Waals surface area contributed by atoms with Crippen LogP contribution in [0, 0.1) is 0 Å². The lowest BCUT2D eigenvalue weighted by Crippen LogP contribution is -2.22. The third-order valence-corrected chi connectivity index (χ3v) is 7.10. The van der Waals surface area contributed by atoms with Crippen LogP contribution < -0.4 is 10.2 Å². The number of sulfone groups is 1. The Morgan fingerprint density at radius 1 is 0.909 bits per heavy atom. The van der Waals surface area contributed by atoms with Gasteiger partial charge in [-0.3, -0.25) is 9.59 Å². The molecule has 10 heteroatoms. The van der Waals surface area contributed by atoms with Crippen LogP contribution in [0.15, 0.2) is 70.5 Å². The summed E-state index contributed by atoms with van der Waals surface area (Å²) < 4.78 is 65.6. The number of carbonyl (C=O) groups is 2. The van der Waals surface area contributed by atoms with Gasteiger partial charge in [-0.1, -0.05) is 12.1 Å². The van der Waals surface area contributed by atoms with Crippen LogP contribution in [-0.4, -0.2) is 34.2 Å².